The Morgan fingerprint density at radius 2 is 1.77 bits per heavy atom. The lowest BCUT2D eigenvalue weighted by molar-refractivity contribution is -0.132. The number of fused-ring (bicyclic) bond motifs is 1. The molecule has 1 unspecified atom stereocenters. The van der Waals surface area contributed by atoms with Crippen molar-refractivity contribution < 1.29 is 9.59 Å². The zero-order chi connectivity index (χ0) is 18.8. The largest absolute Gasteiger partial charge is 0.335 e. The first-order chi connectivity index (χ1) is 12.4. The second kappa shape index (κ2) is 7.32. The Bertz CT molecular complexity index is 824. The van der Waals surface area contributed by atoms with E-state index in [4.69, 9.17) is 0 Å². The molecular formula is C22H26N2O2. The first-order valence-electron chi connectivity index (χ1n) is 9.06. The lowest BCUT2D eigenvalue weighted by Gasteiger charge is -2.37. The molecule has 0 aliphatic carbocycles. The summed E-state index contributed by atoms with van der Waals surface area (Å²) >= 11 is 0. The zero-order valence-electron chi connectivity index (χ0n) is 16.0. The predicted molar refractivity (Wildman–Crippen MR) is 104 cm³/mol. The number of nitrogens with zero attached hydrogens (tertiary/aromatic N) is 2. The summed E-state index contributed by atoms with van der Waals surface area (Å²) in [6.07, 6.45) is 1.13. The minimum atomic E-state index is -0.196. The van der Waals surface area contributed by atoms with Crippen LogP contribution in [-0.2, 0) is 16.0 Å². The van der Waals surface area contributed by atoms with E-state index in [0.29, 0.717) is 13.0 Å². The molecule has 1 aliphatic rings. The standard InChI is InChI=1S/C22H26N2O2/c1-15-11-16(2)13-19(12-15)23(4)22(26)14-21-20-8-6-5-7-18(20)9-10-24(21)17(3)25/h5-8,11-13,21H,9-10,14H2,1-4H3. The van der Waals surface area contributed by atoms with Crippen LogP contribution in [-0.4, -0.2) is 30.3 Å². The van der Waals surface area contributed by atoms with Crippen molar-refractivity contribution >= 4 is 17.5 Å². The fourth-order valence-electron chi connectivity index (χ4n) is 3.84. The Labute approximate surface area is 155 Å². The van der Waals surface area contributed by atoms with Crippen molar-refractivity contribution in [1.29, 1.82) is 0 Å². The van der Waals surface area contributed by atoms with E-state index in [1.807, 2.05) is 56.1 Å². The highest BCUT2D eigenvalue weighted by atomic mass is 16.2. The minimum absolute atomic E-state index is 0.0166. The fraction of sp³-hybridized carbons (Fsp3) is 0.364. The van der Waals surface area contributed by atoms with Gasteiger partial charge in [-0.15, -0.1) is 0 Å². The van der Waals surface area contributed by atoms with E-state index >= 15 is 0 Å². The lowest BCUT2D eigenvalue weighted by Crippen LogP contribution is -2.41. The van der Waals surface area contributed by atoms with Gasteiger partial charge < -0.3 is 9.80 Å². The number of benzene rings is 2. The van der Waals surface area contributed by atoms with E-state index in [0.717, 1.165) is 28.8 Å². The number of rotatable bonds is 3. The SMILES string of the molecule is CC(=O)N1CCc2ccccc2C1CC(=O)N(C)c1cc(C)cc(C)c1. The molecule has 2 aromatic carbocycles. The molecule has 1 aliphatic heterocycles. The van der Waals surface area contributed by atoms with Crippen LogP contribution in [0.5, 0.6) is 0 Å². The van der Waals surface area contributed by atoms with Crippen LogP contribution in [0.2, 0.25) is 0 Å². The molecule has 3 rings (SSSR count). The molecule has 26 heavy (non-hydrogen) atoms. The Balaban J connectivity index is 1.87. The van der Waals surface area contributed by atoms with Gasteiger partial charge in [-0.2, -0.15) is 0 Å². The Morgan fingerprint density at radius 1 is 1.12 bits per heavy atom. The van der Waals surface area contributed by atoms with Crippen LogP contribution < -0.4 is 4.90 Å². The summed E-state index contributed by atoms with van der Waals surface area (Å²) in [6, 6.07) is 14.1. The molecule has 136 valence electrons. The van der Waals surface area contributed by atoms with Crippen molar-refractivity contribution in [1.82, 2.24) is 4.90 Å². The molecule has 0 saturated carbocycles. The highest BCUT2D eigenvalue weighted by Crippen LogP contribution is 2.33. The van der Waals surface area contributed by atoms with Gasteiger partial charge in [0, 0.05) is 26.2 Å². The molecule has 0 bridgehead atoms. The van der Waals surface area contributed by atoms with E-state index < -0.39 is 0 Å². The summed E-state index contributed by atoms with van der Waals surface area (Å²) in [5.41, 5.74) is 5.49. The highest BCUT2D eigenvalue weighted by Gasteiger charge is 2.31. The number of carbonyl (C=O) groups excluding carboxylic acids is 2. The molecule has 1 heterocycles. The van der Waals surface area contributed by atoms with Gasteiger partial charge >= 0.3 is 0 Å². The third-order valence-electron chi connectivity index (χ3n) is 5.15. The quantitative estimate of drug-likeness (QED) is 0.845. The summed E-state index contributed by atoms with van der Waals surface area (Å²) in [5.74, 6) is 0.0364. The molecular weight excluding hydrogens is 324 g/mol. The van der Waals surface area contributed by atoms with Gasteiger partial charge in [-0.05, 0) is 54.7 Å². The van der Waals surface area contributed by atoms with Gasteiger partial charge in [0.2, 0.25) is 11.8 Å². The van der Waals surface area contributed by atoms with E-state index in [1.54, 1.807) is 11.8 Å². The molecule has 0 radical (unpaired) electrons. The van der Waals surface area contributed by atoms with Crippen LogP contribution >= 0.6 is 0 Å². The number of hydrogen-bond acceptors (Lipinski definition) is 2. The monoisotopic (exact) mass is 350 g/mol. The first-order valence-corrected chi connectivity index (χ1v) is 9.06. The van der Waals surface area contributed by atoms with Gasteiger partial charge in [0.05, 0.1) is 12.5 Å². The normalized spacial score (nSPS) is 16.2. The summed E-state index contributed by atoms with van der Waals surface area (Å²) < 4.78 is 0. The van der Waals surface area contributed by atoms with Crippen LogP contribution in [0, 0.1) is 13.8 Å². The van der Waals surface area contributed by atoms with Gasteiger partial charge in [0.15, 0.2) is 0 Å². The van der Waals surface area contributed by atoms with E-state index in [1.165, 1.54) is 5.56 Å². The fourth-order valence-corrected chi connectivity index (χ4v) is 3.84. The molecule has 1 atom stereocenters. The average Bonchev–Trinajstić information content (AvgIpc) is 2.60. The summed E-state index contributed by atoms with van der Waals surface area (Å²) in [5, 5.41) is 0. The van der Waals surface area contributed by atoms with Crippen molar-refractivity contribution in [3.63, 3.8) is 0 Å². The van der Waals surface area contributed by atoms with Crippen LogP contribution in [0.3, 0.4) is 0 Å². The van der Waals surface area contributed by atoms with Crippen molar-refractivity contribution in [2.75, 3.05) is 18.5 Å². The maximum atomic E-state index is 13.0. The zero-order valence-corrected chi connectivity index (χ0v) is 16.0. The second-order valence-electron chi connectivity index (χ2n) is 7.18. The van der Waals surface area contributed by atoms with Crippen LogP contribution in [0.4, 0.5) is 5.69 Å². The second-order valence-corrected chi connectivity index (χ2v) is 7.18. The predicted octanol–water partition coefficient (Wildman–Crippen LogP) is 3.80. The van der Waals surface area contributed by atoms with E-state index in [2.05, 4.69) is 12.1 Å². The third-order valence-corrected chi connectivity index (χ3v) is 5.15. The number of hydrogen-bond donors (Lipinski definition) is 0. The molecule has 0 N–H and O–H groups in total. The van der Waals surface area contributed by atoms with Crippen LogP contribution in [0.25, 0.3) is 0 Å². The molecule has 2 aromatic rings. The minimum Gasteiger partial charge on any atom is -0.335 e. The molecule has 2 amide bonds. The third kappa shape index (κ3) is 3.64. The number of aryl methyl sites for hydroxylation is 2. The average molecular weight is 350 g/mol. The summed E-state index contributed by atoms with van der Waals surface area (Å²) in [4.78, 5) is 28.7. The van der Waals surface area contributed by atoms with Gasteiger partial charge in [-0.1, -0.05) is 30.3 Å². The van der Waals surface area contributed by atoms with E-state index in [-0.39, 0.29) is 17.9 Å². The Morgan fingerprint density at radius 3 is 2.42 bits per heavy atom. The maximum absolute atomic E-state index is 13.0. The molecule has 0 fully saturated rings. The molecule has 4 heteroatoms. The van der Waals surface area contributed by atoms with Gasteiger partial charge in [-0.3, -0.25) is 9.59 Å². The smallest absolute Gasteiger partial charge is 0.229 e. The van der Waals surface area contributed by atoms with Crippen molar-refractivity contribution in [3.05, 3.63) is 64.7 Å². The van der Waals surface area contributed by atoms with E-state index in [9.17, 15) is 9.59 Å². The molecule has 0 spiro atoms. The molecule has 4 nitrogen and oxygen atoms in total. The van der Waals surface area contributed by atoms with Crippen molar-refractivity contribution in [2.24, 2.45) is 0 Å². The molecule has 0 saturated heterocycles. The first kappa shape index (κ1) is 18.2. The van der Waals surface area contributed by atoms with Gasteiger partial charge in [-0.25, -0.2) is 0 Å². The van der Waals surface area contributed by atoms with Crippen LogP contribution in [0.1, 0.15) is 41.6 Å². The van der Waals surface area contributed by atoms with Crippen molar-refractivity contribution in [2.45, 2.75) is 39.7 Å². The number of anilines is 1. The Hall–Kier alpha value is -2.62. The summed E-state index contributed by atoms with van der Waals surface area (Å²) in [7, 11) is 1.81. The highest BCUT2D eigenvalue weighted by molar-refractivity contribution is 5.93. The van der Waals surface area contributed by atoms with Crippen LogP contribution in [0.15, 0.2) is 42.5 Å². The Kier molecular flexibility index (Phi) is 5.12. The van der Waals surface area contributed by atoms with Gasteiger partial charge in [0.25, 0.3) is 0 Å². The number of carbonyl (C=O) groups is 2. The lowest BCUT2D eigenvalue weighted by atomic mass is 9.90. The topological polar surface area (TPSA) is 40.6 Å². The molecule has 0 aromatic heterocycles. The van der Waals surface area contributed by atoms with Crippen molar-refractivity contribution in [3.8, 4) is 0 Å². The van der Waals surface area contributed by atoms with Gasteiger partial charge in [0.1, 0.15) is 0 Å². The maximum Gasteiger partial charge on any atom is 0.229 e. The number of amides is 2. The summed E-state index contributed by atoms with van der Waals surface area (Å²) in [6.45, 7) is 6.31.